The SMILES string of the molecule is CC1CC(NC2CCN(Cc3ccccc3)C2)C1. The standard InChI is InChI=1S/C16H24N2/c1-13-9-16(10-13)17-15-7-8-18(12-15)11-14-5-3-2-4-6-14/h2-6,13,15-17H,7-12H2,1H3. The van der Waals surface area contributed by atoms with Crippen molar-refractivity contribution in [2.75, 3.05) is 13.1 Å². The van der Waals surface area contributed by atoms with Gasteiger partial charge in [0.25, 0.3) is 0 Å². The van der Waals surface area contributed by atoms with Gasteiger partial charge in [-0.15, -0.1) is 0 Å². The van der Waals surface area contributed by atoms with E-state index in [1.165, 1.54) is 37.9 Å². The fourth-order valence-corrected chi connectivity index (χ4v) is 3.33. The summed E-state index contributed by atoms with van der Waals surface area (Å²) < 4.78 is 0. The summed E-state index contributed by atoms with van der Waals surface area (Å²) in [4.78, 5) is 2.58. The van der Waals surface area contributed by atoms with Gasteiger partial charge in [0.05, 0.1) is 0 Å². The number of benzene rings is 1. The fourth-order valence-electron chi connectivity index (χ4n) is 3.33. The molecule has 0 bridgehead atoms. The zero-order chi connectivity index (χ0) is 12.4. The molecule has 0 spiro atoms. The predicted molar refractivity (Wildman–Crippen MR) is 75.4 cm³/mol. The molecule has 1 heterocycles. The van der Waals surface area contributed by atoms with Crippen molar-refractivity contribution in [1.82, 2.24) is 10.2 Å². The molecule has 3 rings (SSSR count). The number of nitrogens with one attached hydrogen (secondary N) is 1. The normalized spacial score (nSPS) is 32.4. The van der Waals surface area contributed by atoms with E-state index >= 15 is 0 Å². The van der Waals surface area contributed by atoms with E-state index in [-0.39, 0.29) is 0 Å². The highest BCUT2D eigenvalue weighted by Gasteiger charge is 2.30. The number of likely N-dealkylation sites (tertiary alicyclic amines) is 1. The first-order valence-electron chi connectivity index (χ1n) is 7.32. The van der Waals surface area contributed by atoms with E-state index in [0.717, 1.165) is 24.5 Å². The van der Waals surface area contributed by atoms with E-state index in [0.29, 0.717) is 0 Å². The Labute approximate surface area is 110 Å². The van der Waals surface area contributed by atoms with Crippen LogP contribution < -0.4 is 5.32 Å². The van der Waals surface area contributed by atoms with Crippen LogP contribution in [0, 0.1) is 5.92 Å². The van der Waals surface area contributed by atoms with E-state index in [1.807, 2.05) is 0 Å². The quantitative estimate of drug-likeness (QED) is 0.876. The summed E-state index contributed by atoms with van der Waals surface area (Å²) in [5, 5.41) is 3.82. The van der Waals surface area contributed by atoms with Crippen molar-refractivity contribution < 1.29 is 0 Å². The molecule has 1 aromatic carbocycles. The lowest BCUT2D eigenvalue weighted by Crippen LogP contribution is -2.46. The Morgan fingerprint density at radius 3 is 2.67 bits per heavy atom. The Bertz CT molecular complexity index is 370. The zero-order valence-electron chi connectivity index (χ0n) is 11.3. The molecule has 2 fully saturated rings. The van der Waals surface area contributed by atoms with Crippen LogP contribution in [0.5, 0.6) is 0 Å². The molecule has 0 radical (unpaired) electrons. The first-order chi connectivity index (χ1) is 8.79. The third kappa shape index (κ3) is 2.93. The summed E-state index contributed by atoms with van der Waals surface area (Å²) in [6, 6.07) is 12.4. The van der Waals surface area contributed by atoms with Gasteiger partial charge in [-0.2, -0.15) is 0 Å². The summed E-state index contributed by atoms with van der Waals surface area (Å²) in [6.45, 7) is 5.93. The van der Waals surface area contributed by atoms with Crippen LogP contribution in [-0.4, -0.2) is 30.1 Å². The Morgan fingerprint density at radius 1 is 1.17 bits per heavy atom. The summed E-state index contributed by atoms with van der Waals surface area (Å²) in [6.07, 6.45) is 4.09. The van der Waals surface area contributed by atoms with Gasteiger partial charge in [0.15, 0.2) is 0 Å². The van der Waals surface area contributed by atoms with Gasteiger partial charge in [-0.3, -0.25) is 4.90 Å². The molecule has 18 heavy (non-hydrogen) atoms. The Balaban J connectivity index is 1.44. The van der Waals surface area contributed by atoms with Crippen molar-refractivity contribution in [3.05, 3.63) is 35.9 Å². The summed E-state index contributed by atoms with van der Waals surface area (Å²) in [7, 11) is 0. The van der Waals surface area contributed by atoms with Crippen LogP contribution in [-0.2, 0) is 6.54 Å². The van der Waals surface area contributed by atoms with E-state index in [2.05, 4.69) is 47.5 Å². The maximum Gasteiger partial charge on any atom is 0.0234 e. The minimum Gasteiger partial charge on any atom is -0.310 e. The molecule has 1 atom stereocenters. The number of rotatable bonds is 4. The van der Waals surface area contributed by atoms with Crippen LogP contribution in [0.15, 0.2) is 30.3 Å². The lowest BCUT2D eigenvalue weighted by atomic mass is 9.81. The molecule has 1 unspecified atom stereocenters. The molecule has 1 aromatic rings. The van der Waals surface area contributed by atoms with Crippen molar-refractivity contribution in [3.8, 4) is 0 Å². The average Bonchev–Trinajstić information content (AvgIpc) is 2.76. The molecule has 98 valence electrons. The van der Waals surface area contributed by atoms with Gasteiger partial charge in [0.1, 0.15) is 0 Å². The van der Waals surface area contributed by atoms with Crippen molar-refractivity contribution in [3.63, 3.8) is 0 Å². The third-order valence-electron chi connectivity index (χ3n) is 4.37. The van der Waals surface area contributed by atoms with Crippen LogP contribution in [0.3, 0.4) is 0 Å². The van der Waals surface area contributed by atoms with Crippen LogP contribution in [0.1, 0.15) is 31.7 Å². The predicted octanol–water partition coefficient (Wildman–Crippen LogP) is 2.65. The fraction of sp³-hybridized carbons (Fsp3) is 0.625. The van der Waals surface area contributed by atoms with E-state index < -0.39 is 0 Å². The molecule has 2 aliphatic rings. The second-order valence-electron chi connectivity index (χ2n) is 6.15. The van der Waals surface area contributed by atoms with Gasteiger partial charge < -0.3 is 5.32 Å². The first kappa shape index (κ1) is 12.2. The van der Waals surface area contributed by atoms with Gasteiger partial charge in [-0.05, 0) is 30.7 Å². The lowest BCUT2D eigenvalue weighted by Gasteiger charge is -2.35. The number of hydrogen-bond acceptors (Lipinski definition) is 2. The molecule has 2 nitrogen and oxygen atoms in total. The average molecular weight is 244 g/mol. The number of nitrogens with zero attached hydrogens (tertiary/aromatic N) is 1. The zero-order valence-corrected chi connectivity index (χ0v) is 11.3. The van der Waals surface area contributed by atoms with E-state index in [9.17, 15) is 0 Å². The monoisotopic (exact) mass is 244 g/mol. The minimum atomic E-state index is 0.728. The number of hydrogen-bond donors (Lipinski definition) is 1. The molecular weight excluding hydrogens is 220 g/mol. The molecule has 1 aliphatic heterocycles. The second-order valence-corrected chi connectivity index (χ2v) is 6.15. The second kappa shape index (κ2) is 5.41. The summed E-state index contributed by atoms with van der Waals surface area (Å²) in [5.41, 5.74) is 1.44. The van der Waals surface area contributed by atoms with E-state index in [4.69, 9.17) is 0 Å². The van der Waals surface area contributed by atoms with Gasteiger partial charge >= 0.3 is 0 Å². The molecule has 2 heteroatoms. The molecule has 0 amide bonds. The maximum absolute atomic E-state index is 3.82. The molecule has 1 aliphatic carbocycles. The molecule has 0 aromatic heterocycles. The van der Waals surface area contributed by atoms with Crippen molar-refractivity contribution in [2.24, 2.45) is 5.92 Å². The van der Waals surface area contributed by atoms with Crippen molar-refractivity contribution in [1.29, 1.82) is 0 Å². The Kier molecular flexibility index (Phi) is 3.67. The molecular formula is C16H24N2. The van der Waals surface area contributed by atoms with Crippen LogP contribution >= 0.6 is 0 Å². The highest BCUT2D eigenvalue weighted by atomic mass is 15.2. The van der Waals surface area contributed by atoms with Crippen molar-refractivity contribution in [2.45, 2.75) is 44.8 Å². The highest BCUT2D eigenvalue weighted by Crippen LogP contribution is 2.27. The highest BCUT2D eigenvalue weighted by molar-refractivity contribution is 5.14. The minimum absolute atomic E-state index is 0.728. The lowest BCUT2D eigenvalue weighted by molar-refractivity contribution is 0.218. The van der Waals surface area contributed by atoms with E-state index in [1.54, 1.807) is 0 Å². The van der Waals surface area contributed by atoms with Gasteiger partial charge in [-0.25, -0.2) is 0 Å². The molecule has 1 saturated carbocycles. The van der Waals surface area contributed by atoms with Crippen LogP contribution in [0.25, 0.3) is 0 Å². The smallest absolute Gasteiger partial charge is 0.0234 e. The molecule has 1 saturated heterocycles. The van der Waals surface area contributed by atoms with Gasteiger partial charge in [-0.1, -0.05) is 37.3 Å². The largest absolute Gasteiger partial charge is 0.310 e. The molecule has 1 N–H and O–H groups in total. The van der Waals surface area contributed by atoms with Crippen LogP contribution in [0.2, 0.25) is 0 Å². The van der Waals surface area contributed by atoms with Gasteiger partial charge in [0.2, 0.25) is 0 Å². The van der Waals surface area contributed by atoms with Crippen LogP contribution in [0.4, 0.5) is 0 Å². The topological polar surface area (TPSA) is 15.3 Å². The summed E-state index contributed by atoms with van der Waals surface area (Å²) >= 11 is 0. The van der Waals surface area contributed by atoms with Gasteiger partial charge in [0, 0.05) is 31.7 Å². The third-order valence-corrected chi connectivity index (χ3v) is 4.37. The first-order valence-corrected chi connectivity index (χ1v) is 7.32. The maximum atomic E-state index is 3.82. The Morgan fingerprint density at radius 2 is 1.94 bits per heavy atom. The van der Waals surface area contributed by atoms with Crippen molar-refractivity contribution >= 4 is 0 Å². The Hall–Kier alpha value is -0.860. The summed E-state index contributed by atoms with van der Waals surface area (Å²) in [5.74, 6) is 0.948.